The standard InChI is InChI=1S/C16H14N2O/c1-18-14-10-6-5-9-13(14)15(16(18)19)17-11-12-7-3-2-4-8-12/h2-10H,11H2,1H3. The lowest BCUT2D eigenvalue weighted by molar-refractivity contribution is -0.111. The summed E-state index contributed by atoms with van der Waals surface area (Å²) in [6.45, 7) is 0.532. The van der Waals surface area contributed by atoms with Crippen LogP contribution in [0.5, 0.6) is 0 Å². The summed E-state index contributed by atoms with van der Waals surface area (Å²) in [4.78, 5) is 18.3. The Bertz CT molecular complexity index is 647. The number of carbonyl (C=O) groups is 1. The highest BCUT2D eigenvalue weighted by Crippen LogP contribution is 2.27. The Kier molecular flexibility index (Phi) is 2.88. The number of fused-ring (bicyclic) bond motifs is 1. The van der Waals surface area contributed by atoms with Crippen LogP contribution in [-0.4, -0.2) is 18.7 Å². The molecule has 0 radical (unpaired) electrons. The van der Waals surface area contributed by atoms with Crippen LogP contribution in [0.2, 0.25) is 0 Å². The molecule has 2 aromatic carbocycles. The molecule has 0 saturated heterocycles. The zero-order valence-corrected chi connectivity index (χ0v) is 10.7. The Labute approximate surface area is 112 Å². The van der Waals surface area contributed by atoms with E-state index in [1.165, 1.54) is 0 Å². The number of amides is 1. The van der Waals surface area contributed by atoms with Crippen LogP contribution in [-0.2, 0) is 11.3 Å². The first-order valence-corrected chi connectivity index (χ1v) is 6.23. The van der Waals surface area contributed by atoms with Gasteiger partial charge in [0.1, 0.15) is 5.71 Å². The van der Waals surface area contributed by atoms with Crippen molar-refractivity contribution in [1.82, 2.24) is 0 Å². The van der Waals surface area contributed by atoms with Gasteiger partial charge in [-0.05, 0) is 11.6 Å². The van der Waals surface area contributed by atoms with Gasteiger partial charge in [0.25, 0.3) is 5.91 Å². The molecule has 0 aliphatic carbocycles. The van der Waals surface area contributed by atoms with Gasteiger partial charge in [-0.3, -0.25) is 9.79 Å². The summed E-state index contributed by atoms with van der Waals surface area (Å²) in [6, 6.07) is 17.7. The van der Waals surface area contributed by atoms with Crippen molar-refractivity contribution in [3.63, 3.8) is 0 Å². The highest BCUT2D eigenvalue weighted by Gasteiger charge is 2.30. The van der Waals surface area contributed by atoms with Crippen molar-refractivity contribution < 1.29 is 4.79 Å². The van der Waals surface area contributed by atoms with E-state index in [9.17, 15) is 4.79 Å². The van der Waals surface area contributed by atoms with Gasteiger partial charge in [-0.25, -0.2) is 0 Å². The molecule has 2 aromatic rings. The Balaban J connectivity index is 1.95. The zero-order chi connectivity index (χ0) is 13.2. The normalized spacial score (nSPS) is 15.9. The van der Waals surface area contributed by atoms with Gasteiger partial charge in [0, 0.05) is 12.6 Å². The fraction of sp³-hybridized carbons (Fsp3) is 0.125. The van der Waals surface area contributed by atoms with Gasteiger partial charge in [-0.2, -0.15) is 0 Å². The molecule has 0 bridgehead atoms. The molecule has 94 valence electrons. The fourth-order valence-corrected chi connectivity index (χ4v) is 2.26. The zero-order valence-electron chi connectivity index (χ0n) is 10.7. The van der Waals surface area contributed by atoms with E-state index in [2.05, 4.69) is 4.99 Å². The van der Waals surface area contributed by atoms with Crippen molar-refractivity contribution in [2.75, 3.05) is 11.9 Å². The monoisotopic (exact) mass is 250 g/mol. The summed E-state index contributed by atoms with van der Waals surface area (Å²) in [7, 11) is 1.78. The molecule has 1 amide bonds. The number of rotatable bonds is 2. The van der Waals surface area contributed by atoms with E-state index in [1.54, 1.807) is 11.9 Å². The third-order valence-electron chi connectivity index (χ3n) is 3.29. The minimum absolute atomic E-state index is 0.0304. The number of hydrogen-bond donors (Lipinski definition) is 0. The second-order valence-electron chi connectivity index (χ2n) is 4.53. The lowest BCUT2D eigenvalue weighted by atomic mass is 10.1. The number of carbonyl (C=O) groups excluding carboxylic acids is 1. The summed E-state index contributed by atoms with van der Waals surface area (Å²) in [5, 5.41) is 0. The average Bonchev–Trinajstić information content (AvgIpc) is 2.71. The fourth-order valence-electron chi connectivity index (χ4n) is 2.26. The molecule has 1 aliphatic heterocycles. The van der Waals surface area contributed by atoms with Crippen molar-refractivity contribution in [2.45, 2.75) is 6.54 Å². The van der Waals surface area contributed by atoms with Crippen molar-refractivity contribution in [3.8, 4) is 0 Å². The third kappa shape index (κ3) is 2.03. The number of benzene rings is 2. The molecule has 0 saturated carbocycles. The third-order valence-corrected chi connectivity index (χ3v) is 3.29. The SMILES string of the molecule is CN1C(=O)C(=NCc2ccccc2)c2ccccc21. The number of nitrogens with zero attached hydrogens (tertiary/aromatic N) is 2. The van der Waals surface area contributed by atoms with E-state index >= 15 is 0 Å². The minimum Gasteiger partial charge on any atom is -0.309 e. The molecule has 19 heavy (non-hydrogen) atoms. The summed E-state index contributed by atoms with van der Waals surface area (Å²) in [5.74, 6) is -0.0304. The van der Waals surface area contributed by atoms with Gasteiger partial charge in [0.15, 0.2) is 0 Å². The molecule has 0 spiro atoms. The lowest BCUT2D eigenvalue weighted by Gasteiger charge is -2.07. The maximum absolute atomic E-state index is 12.2. The Morgan fingerprint density at radius 1 is 1.00 bits per heavy atom. The number of anilines is 1. The van der Waals surface area contributed by atoms with Crippen LogP contribution in [0.1, 0.15) is 11.1 Å². The van der Waals surface area contributed by atoms with Crippen LogP contribution in [0, 0.1) is 0 Å². The second kappa shape index (κ2) is 4.69. The highest BCUT2D eigenvalue weighted by molar-refractivity contribution is 6.54. The minimum atomic E-state index is -0.0304. The summed E-state index contributed by atoms with van der Waals surface area (Å²) in [5.41, 5.74) is 3.52. The van der Waals surface area contributed by atoms with Crippen LogP contribution in [0.15, 0.2) is 59.6 Å². The van der Waals surface area contributed by atoms with Gasteiger partial charge in [-0.15, -0.1) is 0 Å². The van der Waals surface area contributed by atoms with Gasteiger partial charge < -0.3 is 4.90 Å². The van der Waals surface area contributed by atoms with E-state index in [-0.39, 0.29) is 5.91 Å². The van der Waals surface area contributed by atoms with Crippen LogP contribution in [0.25, 0.3) is 0 Å². The van der Waals surface area contributed by atoms with Crippen molar-refractivity contribution in [1.29, 1.82) is 0 Å². The second-order valence-corrected chi connectivity index (χ2v) is 4.53. The van der Waals surface area contributed by atoms with E-state index in [1.807, 2.05) is 54.6 Å². The van der Waals surface area contributed by atoms with Crippen LogP contribution in [0.4, 0.5) is 5.69 Å². The molecule has 0 fully saturated rings. The molecule has 3 heteroatoms. The average molecular weight is 250 g/mol. The smallest absolute Gasteiger partial charge is 0.276 e. The predicted octanol–water partition coefficient (Wildman–Crippen LogP) is 2.65. The Morgan fingerprint density at radius 3 is 2.47 bits per heavy atom. The summed E-state index contributed by atoms with van der Waals surface area (Å²) < 4.78 is 0. The maximum atomic E-state index is 12.2. The van der Waals surface area contributed by atoms with E-state index < -0.39 is 0 Å². The molecular weight excluding hydrogens is 236 g/mol. The molecule has 1 heterocycles. The van der Waals surface area contributed by atoms with Crippen LogP contribution in [0.3, 0.4) is 0 Å². The number of hydrogen-bond acceptors (Lipinski definition) is 2. The highest BCUT2D eigenvalue weighted by atomic mass is 16.2. The first-order chi connectivity index (χ1) is 9.27. The number of likely N-dealkylation sites (N-methyl/N-ethyl adjacent to an activating group) is 1. The Hall–Kier alpha value is -2.42. The molecule has 0 N–H and O–H groups in total. The topological polar surface area (TPSA) is 32.7 Å². The van der Waals surface area contributed by atoms with E-state index in [0.29, 0.717) is 12.3 Å². The van der Waals surface area contributed by atoms with Crippen molar-refractivity contribution in [3.05, 3.63) is 65.7 Å². The van der Waals surface area contributed by atoms with Gasteiger partial charge in [-0.1, -0.05) is 48.5 Å². The van der Waals surface area contributed by atoms with Gasteiger partial charge in [0.05, 0.1) is 12.2 Å². The summed E-state index contributed by atoms with van der Waals surface area (Å²) in [6.07, 6.45) is 0. The number of para-hydroxylation sites is 1. The van der Waals surface area contributed by atoms with Crippen LogP contribution < -0.4 is 4.90 Å². The molecule has 3 rings (SSSR count). The molecule has 0 atom stereocenters. The molecule has 0 aromatic heterocycles. The largest absolute Gasteiger partial charge is 0.309 e. The van der Waals surface area contributed by atoms with Gasteiger partial charge >= 0.3 is 0 Å². The molecular formula is C16H14N2O. The molecule has 1 aliphatic rings. The first kappa shape index (κ1) is 11.7. The lowest BCUT2D eigenvalue weighted by Crippen LogP contribution is -2.25. The maximum Gasteiger partial charge on any atom is 0.276 e. The van der Waals surface area contributed by atoms with E-state index in [0.717, 1.165) is 16.8 Å². The quantitative estimate of drug-likeness (QED) is 0.806. The van der Waals surface area contributed by atoms with Crippen LogP contribution >= 0.6 is 0 Å². The van der Waals surface area contributed by atoms with E-state index in [4.69, 9.17) is 0 Å². The van der Waals surface area contributed by atoms with Crippen molar-refractivity contribution in [2.24, 2.45) is 4.99 Å². The van der Waals surface area contributed by atoms with Gasteiger partial charge in [0.2, 0.25) is 0 Å². The molecule has 3 nitrogen and oxygen atoms in total. The first-order valence-electron chi connectivity index (χ1n) is 6.23. The number of aliphatic imine (C=N–C) groups is 1. The van der Waals surface area contributed by atoms with Crippen molar-refractivity contribution >= 4 is 17.3 Å². The Morgan fingerprint density at radius 2 is 1.68 bits per heavy atom. The molecule has 0 unspecified atom stereocenters. The summed E-state index contributed by atoms with van der Waals surface area (Å²) >= 11 is 0. The predicted molar refractivity (Wildman–Crippen MR) is 76.5 cm³/mol.